The number of methoxy groups -OCH3 is 1. The summed E-state index contributed by atoms with van der Waals surface area (Å²) < 4.78 is 24.9. The molecule has 5 aromatic rings. The number of aromatic nitrogens is 5. The highest BCUT2D eigenvalue weighted by molar-refractivity contribution is 6.04. The largest absolute Gasteiger partial charge is 0.493 e. The summed E-state index contributed by atoms with van der Waals surface area (Å²) in [6.45, 7) is 6.28. The molecule has 0 bridgehead atoms. The molecule has 0 saturated heterocycles. The van der Waals surface area contributed by atoms with E-state index in [1.54, 1.807) is 60.8 Å². The number of nitrogens with zero attached hydrogens (tertiary/aromatic N) is 5. The van der Waals surface area contributed by atoms with Crippen LogP contribution in [0.4, 0.5) is 5.82 Å². The van der Waals surface area contributed by atoms with Crippen molar-refractivity contribution in [1.29, 1.82) is 0 Å². The van der Waals surface area contributed by atoms with Crippen LogP contribution in [0, 0.1) is 0 Å². The standard InChI is InChI=1S/C30H30N6O5/c1-5-19(3)40-26-15-23-22(14-25(26)38-4)24(11-13-32-23)41-21-9-10-28(33-17-21)34-30(37)29-27(39-6-2)18-36(35-29)20-8-7-12-31-16-20/h7-19H,5-6H2,1-4H3,(H,33,34,37). The van der Waals surface area contributed by atoms with Crippen molar-refractivity contribution < 1.29 is 23.7 Å². The zero-order chi connectivity index (χ0) is 28.8. The maximum absolute atomic E-state index is 13.1. The number of rotatable bonds is 11. The molecule has 1 unspecified atom stereocenters. The Morgan fingerprint density at radius 1 is 1.00 bits per heavy atom. The molecule has 0 saturated carbocycles. The van der Waals surface area contributed by atoms with E-state index in [-0.39, 0.29) is 11.8 Å². The monoisotopic (exact) mass is 554 g/mol. The van der Waals surface area contributed by atoms with Gasteiger partial charge in [0.05, 0.1) is 49.6 Å². The first-order valence-electron chi connectivity index (χ1n) is 13.2. The van der Waals surface area contributed by atoms with E-state index in [0.717, 1.165) is 11.8 Å². The predicted molar refractivity (Wildman–Crippen MR) is 153 cm³/mol. The highest BCUT2D eigenvalue weighted by atomic mass is 16.5. The second kappa shape index (κ2) is 12.3. The molecule has 0 aliphatic heterocycles. The molecule has 1 N–H and O–H groups in total. The van der Waals surface area contributed by atoms with Crippen molar-refractivity contribution in [2.75, 3.05) is 19.0 Å². The van der Waals surface area contributed by atoms with Gasteiger partial charge in [0.15, 0.2) is 22.9 Å². The van der Waals surface area contributed by atoms with Crippen molar-refractivity contribution in [3.8, 4) is 34.4 Å². The topological polar surface area (TPSA) is 123 Å². The Kier molecular flexibility index (Phi) is 8.23. The molecule has 0 radical (unpaired) electrons. The van der Waals surface area contributed by atoms with Crippen LogP contribution < -0.4 is 24.3 Å². The average molecular weight is 555 g/mol. The van der Waals surface area contributed by atoms with Crippen LogP contribution in [0.5, 0.6) is 28.7 Å². The number of fused-ring (bicyclic) bond motifs is 1. The molecule has 0 spiro atoms. The lowest BCUT2D eigenvalue weighted by Crippen LogP contribution is -2.15. The summed E-state index contributed by atoms with van der Waals surface area (Å²) in [5, 5.41) is 7.92. The van der Waals surface area contributed by atoms with Gasteiger partial charge in [0.1, 0.15) is 17.3 Å². The second-order valence-electron chi connectivity index (χ2n) is 9.03. The molecular weight excluding hydrogens is 524 g/mol. The molecular formula is C30H30N6O5. The van der Waals surface area contributed by atoms with Gasteiger partial charge in [-0.1, -0.05) is 6.92 Å². The normalized spacial score (nSPS) is 11.6. The highest BCUT2D eigenvalue weighted by Crippen LogP contribution is 2.37. The molecule has 4 aromatic heterocycles. The van der Waals surface area contributed by atoms with Gasteiger partial charge in [0.2, 0.25) is 0 Å². The number of amides is 1. The lowest BCUT2D eigenvalue weighted by atomic mass is 10.1. The first kappa shape index (κ1) is 27.4. The lowest BCUT2D eigenvalue weighted by molar-refractivity contribution is 0.101. The Labute approximate surface area is 237 Å². The Balaban J connectivity index is 1.33. The molecule has 1 aromatic carbocycles. The van der Waals surface area contributed by atoms with Crippen molar-refractivity contribution >= 4 is 22.6 Å². The number of ether oxygens (including phenoxy) is 4. The fourth-order valence-electron chi connectivity index (χ4n) is 3.98. The maximum atomic E-state index is 13.1. The van der Waals surface area contributed by atoms with Crippen molar-refractivity contribution in [2.45, 2.75) is 33.3 Å². The molecule has 0 aliphatic carbocycles. The molecule has 11 heteroatoms. The number of anilines is 1. The van der Waals surface area contributed by atoms with Crippen molar-refractivity contribution in [2.24, 2.45) is 0 Å². The second-order valence-corrected chi connectivity index (χ2v) is 9.03. The number of benzene rings is 1. The predicted octanol–water partition coefficient (Wildman–Crippen LogP) is 5.84. The molecule has 5 rings (SSSR count). The van der Waals surface area contributed by atoms with Crippen LogP contribution in [0.1, 0.15) is 37.7 Å². The van der Waals surface area contributed by atoms with Crippen molar-refractivity contribution in [1.82, 2.24) is 24.7 Å². The Bertz CT molecular complexity index is 1640. The molecule has 1 amide bonds. The summed E-state index contributed by atoms with van der Waals surface area (Å²) in [5.41, 5.74) is 1.54. The molecule has 1 atom stereocenters. The summed E-state index contributed by atoms with van der Waals surface area (Å²) in [5.74, 6) is 2.48. The SMILES string of the molecule is CCOc1cn(-c2cccnc2)nc1C(=O)Nc1ccc(Oc2ccnc3cc(OC(C)CC)c(OC)cc23)cn1. The number of pyridine rings is 3. The molecule has 0 aliphatic rings. The van der Waals surface area contributed by atoms with Gasteiger partial charge in [-0.15, -0.1) is 0 Å². The van der Waals surface area contributed by atoms with Gasteiger partial charge in [0.25, 0.3) is 5.91 Å². The van der Waals surface area contributed by atoms with E-state index >= 15 is 0 Å². The van der Waals surface area contributed by atoms with Gasteiger partial charge >= 0.3 is 0 Å². The van der Waals surface area contributed by atoms with Crippen LogP contribution in [-0.4, -0.2) is 50.5 Å². The van der Waals surface area contributed by atoms with Gasteiger partial charge in [-0.3, -0.25) is 14.8 Å². The molecule has 210 valence electrons. The van der Waals surface area contributed by atoms with Crippen LogP contribution in [0.2, 0.25) is 0 Å². The van der Waals surface area contributed by atoms with E-state index in [4.69, 9.17) is 18.9 Å². The number of nitrogens with one attached hydrogen (secondary N) is 1. The van der Waals surface area contributed by atoms with E-state index in [1.807, 2.05) is 32.0 Å². The van der Waals surface area contributed by atoms with Gasteiger partial charge in [0, 0.05) is 23.8 Å². The zero-order valence-corrected chi connectivity index (χ0v) is 23.2. The lowest BCUT2D eigenvalue weighted by Gasteiger charge is -2.17. The fourth-order valence-corrected chi connectivity index (χ4v) is 3.98. The third-order valence-electron chi connectivity index (χ3n) is 6.20. The molecule has 11 nitrogen and oxygen atoms in total. The van der Waals surface area contributed by atoms with Crippen molar-refractivity contribution in [3.63, 3.8) is 0 Å². The third-order valence-corrected chi connectivity index (χ3v) is 6.20. The first-order chi connectivity index (χ1) is 20.0. The summed E-state index contributed by atoms with van der Waals surface area (Å²) in [4.78, 5) is 26.0. The van der Waals surface area contributed by atoms with Gasteiger partial charge in [-0.2, -0.15) is 5.10 Å². The maximum Gasteiger partial charge on any atom is 0.281 e. The van der Waals surface area contributed by atoms with E-state index in [9.17, 15) is 4.79 Å². The number of hydrogen-bond donors (Lipinski definition) is 1. The minimum Gasteiger partial charge on any atom is -0.493 e. The smallest absolute Gasteiger partial charge is 0.281 e. The fraction of sp³-hybridized carbons (Fsp3) is 0.233. The van der Waals surface area contributed by atoms with E-state index < -0.39 is 5.91 Å². The summed E-state index contributed by atoms with van der Waals surface area (Å²) in [6, 6.07) is 12.4. The number of carbonyl (C=O) groups excluding carboxylic acids is 1. The molecule has 0 fully saturated rings. The quantitative estimate of drug-likeness (QED) is 0.214. The van der Waals surface area contributed by atoms with Gasteiger partial charge in [-0.05, 0) is 56.7 Å². The van der Waals surface area contributed by atoms with Crippen LogP contribution in [0.3, 0.4) is 0 Å². The van der Waals surface area contributed by atoms with Crippen LogP contribution in [0.25, 0.3) is 16.6 Å². The Hall–Kier alpha value is -5.19. The van der Waals surface area contributed by atoms with Crippen LogP contribution in [-0.2, 0) is 0 Å². The number of carbonyl (C=O) groups is 1. The minimum atomic E-state index is -0.458. The summed E-state index contributed by atoms with van der Waals surface area (Å²) >= 11 is 0. The first-order valence-corrected chi connectivity index (χ1v) is 13.2. The molecule has 4 heterocycles. The van der Waals surface area contributed by atoms with Crippen molar-refractivity contribution in [3.05, 3.63) is 79.1 Å². The average Bonchev–Trinajstić information content (AvgIpc) is 3.42. The zero-order valence-electron chi connectivity index (χ0n) is 23.2. The summed E-state index contributed by atoms with van der Waals surface area (Å²) in [6.07, 6.45) is 9.05. The third kappa shape index (κ3) is 6.19. The van der Waals surface area contributed by atoms with E-state index in [2.05, 4.69) is 32.3 Å². The highest BCUT2D eigenvalue weighted by Gasteiger charge is 2.20. The van der Waals surface area contributed by atoms with Crippen LogP contribution in [0.15, 0.2) is 73.4 Å². The van der Waals surface area contributed by atoms with E-state index in [1.165, 1.54) is 6.20 Å². The Morgan fingerprint density at radius 3 is 2.59 bits per heavy atom. The van der Waals surface area contributed by atoms with Gasteiger partial charge < -0.3 is 24.3 Å². The minimum absolute atomic E-state index is 0.0356. The number of hydrogen-bond acceptors (Lipinski definition) is 9. The van der Waals surface area contributed by atoms with Gasteiger partial charge in [-0.25, -0.2) is 9.67 Å². The summed E-state index contributed by atoms with van der Waals surface area (Å²) in [7, 11) is 1.60. The molecule has 41 heavy (non-hydrogen) atoms. The Morgan fingerprint density at radius 2 is 1.88 bits per heavy atom. The van der Waals surface area contributed by atoms with Crippen LogP contribution >= 0.6 is 0 Å². The van der Waals surface area contributed by atoms with E-state index in [0.29, 0.717) is 52.4 Å².